The van der Waals surface area contributed by atoms with Gasteiger partial charge in [0.2, 0.25) is 0 Å². The molecule has 0 radical (unpaired) electrons. The van der Waals surface area contributed by atoms with Crippen LogP contribution in [-0.2, 0) is 25.2 Å². The predicted octanol–water partition coefficient (Wildman–Crippen LogP) is 5.42. The highest BCUT2D eigenvalue weighted by Gasteiger charge is 2.37. The molecule has 5 heteroatoms. The summed E-state index contributed by atoms with van der Waals surface area (Å²) in [5, 5.41) is 0.822. The molecule has 22 heavy (non-hydrogen) atoms. The summed E-state index contributed by atoms with van der Waals surface area (Å²) >= 11 is 0. The Bertz CT molecular complexity index is 707. The Morgan fingerprint density at radius 1 is 1.09 bits per heavy atom. The van der Waals surface area contributed by atoms with Gasteiger partial charge in [0.1, 0.15) is 0 Å². The lowest BCUT2D eigenvalue weighted by atomic mass is 9.95. The second-order valence-electron chi connectivity index (χ2n) is 7.52. The number of fused-ring (bicyclic) bond motifs is 3. The van der Waals surface area contributed by atoms with Gasteiger partial charge < -0.3 is 0 Å². The number of hydrogen-bond donors (Lipinski definition) is 0. The Balaban J connectivity index is 2.21. The third-order valence-electron chi connectivity index (χ3n) is 4.32. The predicted molar refractivity (Wildman–Crippen MR) is 86.9 cm³/mol. The second kappa shape index (κ2) is 5.15. The molecule has 0 aliphatic heterocycles. The fourth-order valence-corrected chi connectivity index (χ4v) is 5.05. The minimum atomic E-state index is -4.33. The number of aryl methyl sites for hydroxylation is 1. The summed E-state index contributed by atoms with van der Waals surface area (Å²) in [6.07, 6.45) is -1.19. The van der Waals surface area contributed by atoms with E-state index < -0.39 is 14.4 Å². The molecule has 0 fully saturated rings. The first-order valence-electron chi connectivity index (χ1n) is 7.89. The van der Waals surface area contributed by atoms with Crippen LogP contribution in [0.3, 0.4) is 0 Å². The average molecular weight is 325 g/mol. The monoisotopic (exact) mass is 325 g/mol. The molecule has 0 N–H and O–H groups in total. The van der Waals surface area contributed by atoms with Crippen molar-refractivity contribution in [1.82, 2.24) is 4.57 Å². The zero-order valence-corrected chi connectivity index (χ0v) is 14.3. The number of aromatic nitrogens is 1. The zero-order valence-electron chi connectivity index (χ0n) is 13.3. The van der Waals surface area contributed by atoms with Crippen molar-refractivity contribution in [3.05, 3.63) is 35.0 Å². The molecule has 1 heterocycles. The molecule has 1 aromatic carbocycles. The lowest BCUT2D eigenvalue weighted by Crippen LogP contribution is -2.23. The Kier molecular flexibility index (Phi) is 3.66. The van der Waals surface area contributed by atoms with E-state index in [0.29, 0.717) is 22.2 Å². The van der Waals surface area contributed by atoms with E-state index in [1.807, 2.05) is 12.1 Å². The Morgan fingerprint density at radius 2 is 1.77 bits per heavy atom. The SMILES string of the molecule is C[Si](C)(C)Cc1ccc2c(c1)c1c(n2C(F)(F)F)CCCC1. The van der Waals surface area contributed by atoms with Crippen LogP contribution in [0.25, 0.3) is 10.9 Å². The molecule has 0 saturated heterocycles. The third kappa shape index (κ3) is 2.83. The van der Waals surface area contributed by atoms with E-state index in [1.165, 1.54) is 5.56 Å². The summed E-state index contributed by atoms with van der Waals surface area (Å²) in [5.74, 6) is 0. The van der Waals surface area contributed by atoms with Gasteiger partial charge in [-0.15, -0.1) is 13.2 Å². The number of alkyl halides is 3. The van der Waals surface area contributed by atoms with E-state index in [-0.39, 0.29) is 0 Å². The van der Waals surface area contributed by atoms with Gasteiger partial charge in [-0.05, 0) is 55.0 Å². The highest BCUT2D eigenvalue weighted by Crippen LogP contribution is 2.39. The zero-order chi connectivity index (χ0) is 16.1. The molecule has 0 atom stereocenters. The first-order chi connectivity index (χ1) is 10.2. The molecule has 1 aliphatic carbocycles. The maximum atomic E-state index is 13.5. The smallest absolute Gasteiger partial charge is 0.256 e. The van der Waals surface area contributed by atoms with Gasteiger partial charge in [0.05, 0.1) is 5.52 Å². The first kappa shape index (κ1) is 15.7. The molecule has 0 spiro atoms. The Labute approximate surface area is 130 Å². The molecular formula is C17H22F3NSi. The summed E-state index contributed by atoms with van der Waals surface area (Å²) in [7, 11) is -1.28. The summed E-state index contributed by atoms with van der Waals surface area (Å²) in [6, 6.07) is 6.58. The van der Waals surface area contributed by atoms with E-state index >= 15 is 0 Å². The summed E-state index contributed by atoms with van der Waals surface area (Å²) in [6.45, 7) is 6.86. The summed E-state index contributed by atoms with van der Waals surface area (Å²) in [4.78, 5) is 0. The van der Waals surface area contributed by atoms with Crippen LogP contribution in [0.4, 0.5) is 13.2 Å². The molecule has 2 aromatic rings. The quantitative estimate of drug-likeness (QED) is 0.650. The van der Waals surface area contributed by atoms with Crippen LogP contribution in [0, 0.1) is 0 Å². The lowest BCUT2D eigenvalue weighted by molar-refractivity contribution is -0.202. The maximum Gasteiger partial charge on any atom is 0.489 e. The number of nitrogens with zero attached hydrogens (tertiary/aromatic N) is 1. The summed E-state index contributed by atoms with van der Waals surface area (Å²) in [5.41, 5.74) is 2.92. The van der Waals surface area contributed by atoms with Crippen molar-refractivity contribution in [3.8, 4) is 0 Å². The van der Waals surface area contributed by atoms with Crippen molar-refractivity contribution >= 4 is 19.0 Å². The van der Waals surface area contributed by atoms with Gasteiger partial charge in [-0.2, -0.15) is 0 Å². The molecule has 0 unspecified atom stereocenters. The van der Waals surface area contributed by atoms with Crippen LogP contribution in [0.2, 0.25) is 19.6 Å². The van der Waals surface area contributed by atoms with Crippen molar-refractivity contribution in [2.24, 2.45) is 0 Å². The summed E-state index contributed by atoms with van der Waals surface area (Å²) < 4.78 is 41.1. The molecule has 0 bridgehead atoms. The van der Waals surface area contributed by atoms with Gasteiger partial charge in [0, 0.05) is 19.2 Å². The molecule has 1 nitrogen and oxygen atoms in total. The average Bonchev–Trinajstić information content (AvgIpc) is 2.70. The van der Waals surface area contributed by atoms with Crippen LogP contribution in [0.15, 0.2) is 18.2 Å². The van der Waals surface area contributed by atoms with Crippen LogP contribution >= 0.6 is 0 Å². The number of hydrogen-bond acceptors (Lipinski definition) is 0. The maximum absolute atomic E-state index is 13.5. The van der Waals surface area contributed by atoms with Gasteiger partial charge in [-0.3, -0.25) is 4.57 Å². The Morgan fingerprint density at radius 3 is 2.41 bits per heavy atom. The normalized spacial score (nSPS) is 16.1. The number of rotatable bonds is 2. The van der Waals surface area contributed by atoms with Gasteiger partial charge in [0.25, 0.3) is 0 Å². The van der Waals surface area contributed by atoms with Crippen LogP contribution in [-0.4, -0.2) is 12.6 Å². The first-order valence-corrected chi connectivity index (χ1v) is 11.6. The molecule has 120 valence electrons. The van der Waals surface area contributed by atoms with E-state index in [1.54, 1.807) is 6.07 Å². The molecule has 0 amide bonds. The van der Waals surface area contributed by atoms with Crippen molar-refractivity contribution in [2.75, 3.05) is 0 Å². The van der Waals surface area contributed by atoms with Gasteiger partial charge in [0.15, 0.2) is 0 Å². The van der Waals surface area contributed by atoms with Crippen molar-refractivity contribution in [3.63, 3.8) is 0 Å². The van der Waals surface area contributed by atoms with Gasteiger partial charge in [-0.25, -0.2) is 0 Å². The van der Waals surface area contributed by atoms with Crippen LogP contribution in [0.5, 0.6) is 0 Å². The molecule has 0 saturated carbocycles. The van der Waals surface area contributed by atoms with Gasteiger partial charge >= 0.3 is 6.30 Å². The molecule has 1 aromatic heterocycles. The minimum Gasteiger partial charge on any atom is -0.256 e. The van der Waals surface area contributed by atoms with E-state index in [2.05, 4.69) is 19.6 Å². The molecular weight excluding hydrogens is 303 g/mol. The van der Waals surface area contributed by atoms with Crippen molar-refractivity contribution in [2.45, 2.75) is 57.7 Å². The lowest BCUT2D eigenvalue weighted by Gasteiger charge is -2.17. The standard InChI is InChI=1S/C17H22F3NSi/c1-22(2,3)11-12-8-9-16-14(10-12)13-6-4-5-7-15(13)21(16)17(18,19)20/h8-10H,4-7,11H2,1-3H3. The van der Waals surface area contributed by atoms with Crippen LogP contribution < -0.4 is 0 Å². The topological polar surface area (TPSA) is 4.93 Å². The highest BCUT2D eigenvalue weighted by molar-refractivity contribution is 6.75. The highest BCUT2D eigenvalue weighted by atomic mass is 28.3. The number of benzene rings is 1. The van der Waals surface area contributed by atoms with E-state index in [0.717, 1.165) is 36.3 Å². The molecule has 3 rings (SSSR count). The fraction of sp³-hybridized carbons (Fsp3) is 0.529. The largest absolute Gasteiger partial charge is 0.489 e. The van der Waals surface area contributed by atoms with Gasteiger partial charge in [-0.1, -0.05) is 25.7 Å². The number of halogens is 3. The second-order valence-corrected chi connectivity index (χ2v) is 13.0. The van der Waals surface area contributed by atoms with Crippen LogP contribution in [0.1, 0.15) is 29.7 Å². The van der Waals surface area contributed by atoms with Crippen molar-refractivity contribution < 1.29 is 13.2 Å². The molecule has 1 aliphatic rings. The van der Waals surface area contributed by atoms with E-state index in [4.69, 9.17) is 0 Å². The van der Waals surface area contributed by atoms with E-state index in [9.17, 15) is 13.2 Å². The Hall–Kier alpha value is -1.23. The van der Waals surface area contributed by atoms with Crippen molar-refractivity contribution in [1.29, 1.82) is 0 Å². The third-order valence-corrected chi connectivity index (χ3v) is 5.79. The minimum absolute atomic E-state index is 0.332. The fourth-order valence-electron chi connectivity index (χ4n) is 3.60.